The minimum absolute atomic E-state index is 0.976. The van der Waals surface area contributed by atoms with Gasteiger partial charge in [0.05, 0.1) is 0 Å². The first-order chi connectivity index (χ1) is 6.45. The lowest BCUT2D eigenvalue weighted by Crippen LogP contribution is -2.30. The van der Waals surface area contributed by atoms with E-state index in [0.717, 1.165) is 10.5 Å². The third kappa shape index (κ3) is 3.17. The van der Waals surface area contributed by atoms with Crippen LogP contribution >= 0.6 is 11.8 Å². The molecule has 13 heavy (non-hydrogen) atoms. The van der Waals surface area contributed by atoms with E-state index in [1.165, 1.54) is 58.0 Å². The average molecular weight is 199 g/mol. The maximum absolute atomic E-state index is 3.44. The van der Waals surface area contributed by atoms with Crippen LogP contribution in [0.15, 0.2) is 0 Å². The van der Waals surface area contributed by atoms with Gasteiger partial charge >= 0.3 is 0 Å². The molecule has 0 aromatic heterocycles. The normalized spacial score (nSPS) is 27.7. The van der Waals surface area contributed by atoms with Gasteiger partial charge in [-0.1, -0.05) is 19.3 Å². The van der Waals surface area contributed by atoms with E-state index in [-0.39, 0.29) is 0 Å². The summed E-state index contributed by atoms with van der Waals surface area (Å²) in [5.41, 5.74) is 0. The topological polar surface area (TPSA) is 12.0 Å². The number of piperidine rings is 1. The molecule has 1 aliphatic carbocycles. The summed E-state index contributed by atoms with van der Waals surface area (Å²) >= 11 is 2.30. The molecule has 1 N–H and O–H groups in total. The van der Waals surface area contributed by atoms with Gasteiger partial charge in [-0.2, -0.15) is 11.8 Å². The molecular formula is C11H21NS. The number of rotatable bonds is 2. The molecule has 1 heterocycles. The molecule has 1 saturated heterocycles. The third-order valence-electron chi connectivity index (χ3n) is 3.22. The molecular weight excluding hydrogens is 178 g/mol. The number of thioether (sulfide) groups is 1. The van der Waals surface area contributed by atoms with Crippen LogP contribution in [0.5, 0.6) is 0 Å². The Balaban J connectivity index is 1.69. The van der Waals surface area contributed by atoms with Crippen molar-refractivity contribution in [3.63, 3.8) is 0 Å². The largest absolute Gasteiger partial charge is 0.317 e. The summed E-state index contributed by atoms with van der Waals surface area (Å²) in [6.07, 6.45) is 10.3. The lowest BCUT2D eigenvalue weighted by atomic mass is 10.0. The Morgan fingerprint density at radius 2 is 1.38 bits per heavy atom. The number of hydrogen-bond donors (Lipinski definition) is 1. The fraction of sp³-hybridized carbons (Fsp3) is 1.00. The van der Waals surface area contributed by atoms with Gasteiger partial charge in [-0.15, -0.1) is 0 Å². The first kappa shape index (κ1) is 9.85. The zero-order valence-corrected chi connectivity index (χ0v) is 9.24. The van der Waals surface area contributed by atoms with Crippen LogP contribution < -0.4 is 5.32 Å². The lowest BCUT2D eigenvalue weighted by molar-refractivity contribution is 0.502. The van der Waals surface area contributed by atoms with Crippen molar-refractivity contribution in [3.8, 4) is 0 Å². The second-order valence-corrected chi connectivity index (χ2v) is 5.95. The average Bonchev–Trinajstić information content (AvgIpc) is 2.21. The Morgan fingerprint density at radius 3 is 2.08 bits per heavy atom. The van der Waals surface area contributed by atoms with Gasteiger partial charge in [-0.05, 0) is 38.8 Å². The fourth-order valence-electron chi connectivity index (χ4n) is 2.40. The van der Waals surface area contributed by atoms with Gasteiger partial charge in [0.1, 0.15) is 0 Å². The molecule has 0 bridgehead atoms. The molecule has 0 spiro atoms. The highest BCUT2D eigenvalue weighted by atomic mass is 32.2. The predicted molar refractivity (Wildman–Crippen MR) is 60.4 cm³/mol. The predicted octanol–water partition coefficient (Wildman–Crippen LogP) is 2.80. The SMILES string of the molecule is C1CCC(SC2CCNCC2)CC1. The highest BCUT2D eigenvalue weighted by Crippen LogP contribution is 2.33. The van der Waals surface area contributed by atoms with Gasteiger partial charge < -0.3 is 5.32 Å². The standard InChI is InChI=1S/C11H21NS/c1-2-4-10(5-3-1)13-11-6-8-12-9-7-11/h10-12H,1-9H2. The third-order valence-corrected chi connectivity index (χ3v) is 4.94. The van der Waals surface area contributed by atoms with E-state index in [9.17, 15) is 0 Å². The molecule has 76 valence electrons. The molecule has 2 aliphatic rings. The van der Waals surface area contributed by atoms with Crippen LogP contribution in [-0.2, 0) is 0 Å². The minimum atomic E-state index is 0.976. The Kier molecular flexibility index (Phi) is 3.98. The van der Waals surface area contributed by atoms with Gasteiger partial charge in [0.25, 0.3) is 0 Å². The maximum atomic E-state index is 3.44. The van der Waals surface area contributed by atoms with Crippen molar-refractivity contribution in [2.24, 2.45) is 0 Å². The second kappa shape index (κ2) is 5.26. The highest BCUT2D eigenvalue weighted by molar-refractivity contribution is 8.00. The van der Waals surface area contributed by atoms with Crippen molar-refractivity contribution in [3.05, 3.63) is 0 Å². The van der Waals surface area contributed by atoms with E-state index >= 15 is 0 Å². The van der Waals surface area contributed by atoms with Crippen LogP contribution in [0.2, 0.25) is 0 Å². The summed E-state index contributed by atoms with van der Waals surface area (Å²) in [7, 11) is 0. The summed E-state index contributed by atoms with van der Waals surface area (Å²) in [5.74, 6) is 0. The molecule has 0 amide bonds. The zero-order chi connectivity index (χ0) is 8.93. The first-order valence-electron chi connectivity index (χ1n) is 5.81. The summed E-state index contributed by atoms with van der Waals surface area (Å²) in [6, 6.07) is 0. The smallest absolute Gasteiger partial charge is 0.00739 e. The Hall–Kier alpha value is 0.310. The molecule has 0 unspecified atom stereocenters. The van der Waals surface area contributed by atoms with Crippen LogP contribution in [0.1, 0.15) is 44.9 Å². The van der Waals surface area contributed by atoms with Crippen LogP contribution in [0.3, 0.4) is 0 Å². The van der Waals surface area contributed by atoms with E-state index < -0.39 is 0 Å². The van der Waals surface area contributed by atoms with Crippen LogP contribution in [-0.4, -0.2) is 23.6 Å². The molecule has 1 nitrogen and oxygen atoms in total. The van der Waals surface area contributed by atoms with E-state index in [1.807, 2.05) is 0 Å². The summed E-state index contributed by atoms with van der Waals surface area (Å²) < 4.78 is 0. The monoisotopic (exact) mass is 199 g/mol. The van der Waals surface area contributed by atoms with E-state index in [4.69, 9.17) is 0 Å². The molecule has 0 aromatic rings. The Bertz CT molecular complexity index is 121. The molecule has 2 fully saturated rings. The molecule has 2 rings (SSSR count). The summed E-state index contributed by atoms with van der Waals surface area (Å²) in [5, 5.41) is 5.43. The highest BCUT2D eigenvalue weighted by Gasteiger charge is 2.20. The lowest BCUT2D eigenvalue weighted by Gasteiger charge is -2.28. The molecule has 1 aliphatic heterocycles. The molecule has 2 heteroatoms. The summed E-state index contributed by atoms with van der Waals surface area (Å²) in [6.45, 7) is 2.51. The van der Waals surface area contributed by atoms with Crippen molar-refractivity contribution in [2.75, 3.05) is 13.1 Å². The Labute approximate surface area is 86.0 Å². The number of hydrogen-bond acceptors (Lipinski definition) is 2. The summed E-state index contributed by atoms with van der Waals surface area (Å²) in [4.78, 5) is 0. The Morgan fingerprint density at radius 1 is 0.769 bits per heavy atom. The van der Waals surface area contributed by atoms with Crippen molar-refractivity contribution in [2.45, 2.75) is 55.4 Å². The zero-order valence-electron chi connectivity index (χ0n) is 8.43. The van der Waals surface area contributed by atoms with Crippen molar-refractivity contribution >= 4 is 11.8 Å². The van der Waals surface area contributed by atoms with Gasteiger partial charge in [0, 0.05) is 10.5 Å². The van der Waals surface area contributed by atoms with Crippen LogP contribution in [0.25, 0.3) is 0 Å². The van der Waals surface area contributed by atoms with Crippen molar-refractivity contribution in [1.29, 1.82) is 0 Å². The van der Waals surface area contributed by atoms with Crippen molar-refractivity contribution in [1.82, 2.24) is 5.32 Å². The first-order valence-corrected chi connectivity index (χ1v) is 6.75. The van der Waals surface area contributed by atoms with E-state index in [0.29, 0.717) is 0 Å². The van der Waals surface area contributed by atoms with Crippen LogP contribution in [0, 0.1) is 0 Å². The minimum Gasteiger partial charge on any atom is -0.317 e. The van der Waals surface area contributed by atoms with Gasteiger partial charge in [0.2, 0.25) is 0 Å². The van der Waals surface area contributed by atoms with Gasteiger partial charge in [-0.3, -0.25) is 0 Å². The second-order valence-electron chi connectivity index (χ2n) is 4.35. The van der Waals surface area contributed by atoms with Crippen LogP contribution in [0.4, 0.5) is 0 Å². The van der Waals surface area contributed by atoms with Gasteiger partial charge in [0.15, 0.2) is 0 Å². The number of nitrogens with one attached hydrogen (secondary N) is 1. The van der Waals surface area contributed by atoms with E-state index in [1.54, 1.807) is 0 Å². The molecule has 0 aromatic carbocycles. The molecule has 0 atom stereocenters. The fourth-order valence-corrected chi connectivity index (χ4v) is 4.06. The molecule has 1 saturated carbocycles. The molecule has 0 radical (unpaired) electrons. The van der Waals surface area contributed by atoms with Crippen molar-refractivity contribution < 1.29 is 0 Å². The maximum Gasteiger partial charge on any atom is 0.00739 e. The van der Waals surface area contributed by atoms with E-state index in [2.05, 4.69) is 17.1 Å². The van der Waals surface area contributed by atoms with Gasteiger partial charge in [-0.25, -0.2) is 0 Å². The quantitative estimate of drug-likeness (QED) is 0.734.